The Morgan fingerprint density at radius 1 is 1.59 bits per heavy atom. The average Bonchev–Trinajstić information content (AvgIpc) is 2.30. The number of aromatic nitrogens is 1. The Kier molecular flexibility index (Phi) is 5.37. The molecule has 0 aromatic carbocycles. The van der Waals surface area contributed by atoms with Crippen molar-refractivity contribution in [1.82, 2.24) is 9.88 Å². The minimum absolute atomic E-state index is 0.0947. The van der Waals surface area contributed by atoms with Gasteiger partial charge in [-0.2, -0.15) is 0 Å². The number of pyridine rings is 1. The second kappa shape index (κ2) is 6.56. The van der Waals surface area contributed by atoms with Crippen LogP contribution in [0.25, 0.3) is 0 Å². The molecule has 1 aromatic heterocycles. The van der Waals surface area contributed by atoms with Gasteiger partial charge >= 0.3 is 0 Å². The van der Waals surface area contributed by atoms with Gasteiger partial charge in [-0.05, 0) is 28.9 Å². The fourth-order valence-electron chi connectivity index (χ4n) is 1.29. The van der Waals surface area contributed by atoms with Gasteiger partial charge in [-0.1, -0.05) is 0 Å². The first kappa shape index (κ1) is 13.9. The first-order valence-electron chi connectivity index (χ1n) is 5.29. The van der Waals surface area contributed by atoms with E-state index in [1.807, 2.05) is 0 Å². The van der Waals surface area contributed by atoms with Crippen molar-refractivity contribution in [3.8, 4) is 0 Å². The summed E-state index contributed by atoms with van der Waals surface area (Å²) in [5, 5.41) is 11.4. The highest BCUT2D eigenvalue weighted by Crippen LogP contribution is 2.05. The van der Waals surface area contributed by atoms with Crippen LogP contribution in [0.15, 0.2) is 27.6 Å². The van der Waals surface area contributed by atoms with E-state index < -0.39 is 0 Å². The van der Waals surface area contributed by atoms with Gasteiger partial charge in [-0.25, -0.2) is 0 Å². The van der Waals surface area contributed by atoms with Gasteiger partial charge in [0.1, 0.15) is 0 Å². The minimum Gasteiger partial charge on any atom is -0.394 e. The molecule has 1 atom stereocenters. The van der Waals surface area contributed by atoms with Gasteiger partial charge in [0.25, 0.3) is 5.56 Å². The Hall–Kier alpha value is -1.14. The Morgan fingerprint density at radius 3 is 2.94 bits per heavy atom. The molecular weight excluding hydrogens is 288 g/mol. The summed E-state index contributed by atoms with van der Waals surface area (Å²) in [6.07, 6.45) is 1.85. The summed E-state index contributed by atoms with van der Waals surface area (Å²) >= 11 is 3.26. The zero-order valence-corrected chi connectivity index (χ0v) is 11.1. The van der Waals surface area contributed by atoms with Crippen molar-refractivity contribution in [3.05, 3.63) is 33.2 Å². The lowest BCUT2D eigenvalue weighted by molar-refractivity contribution is -0.122. The maximum atomic E-state index is 11.4. The van der Waals surface area contributed by atoms with E-state index >= 15 is 0 Å². The fraction of sp³-hybridized carbons (Fsp3) is 0.455. The van der Waals surface area contributed by atoms with Crippen molar-refractivity contribution < 1.29 is 9.90 Å². The summed E-state index contributed by atoms with van der Waals surface area (Å²) in [4.78, 5) is 22.9. The van der Waals surface area contributed by atoms with Crippen LogP contribution < -0.4 is 10.9 Å². The summed E-state index contributed by atoms with van der Waals surface area (Å²) in [7, 11) is 0. The molecule has 1 heterocycles. The maximum Gasteiger partial charge on any atom is 0.250 e. The minimum atomic E-state index is -0.262. The predicted molar refractivity (Wildman–Crippen MR) is 67.7 cm³/mol. The van der Waals surface area contributed by atoms with E-state index in [0.29, 0.717) is 6.54 Å². The zero-order chi connectivity index (χ0) is 12.8. The van der Waals surface area contributed by atoms with E-state index in [2.05, 4.69) is 21.2 Å². The molecule has 0 aliphatic rings. The molecule has 0 radical (unpaired) electrons. The molecule has 0 aliphatic heterocycles. The molecule has 5 nitrogen and oxygen atoms in total. The van der Waals surface area contributed by atoms with Gasteiger partial charge in [0.2, 0.25) is 5.91 Å². The summed E-state index contributed by atoms with van der Waals surface area (Å²) < 4.78 is 2.26. The second-order valence-electron chi connectivity index (χ2n) is 3.78. The molecule has 1 amide bonds. The molecule has 17 heavy (non-hydrogen) atoms. The van der Waals surface area contributed by atoms with E-state index in [4.69, 9.17) is 5.11 Å². The monoisotopic (exact) mass is 302 g/mol. The molecule has 1 rings (SSSR count). The SMILES string of the molecule is CC(CO)NC(=O)CCn1cc(Br)ccc1=O. The molecule has 0 saturated heterocycles. The lowest BCUT2D eigenvalue weighted by Crippen LogP contribution is -2.36. The number of carbonyl (C=O) groups excluding carboxylic acids is 1. The quantitative estimate of drug-likeness (QED) is 0.832. The van der Waals surface area contributed by atoms with Crippen molar-refractivity contribution in [2.24, 2.45) is 0 Å². The Labute approximate surface area is 108 Å². The van der Waals surface area contributed by atoms with Crippen LogP contribution in [0.1, 0.15) is 13.3 Å². The number of rotatable bonds is 5. The van der Waals surface area contributed by atoms with Crippen molar-refractivity contribution in [2.75, 3.05) is 6.61 Å². The fourth-order valence-corrected chi connectivity index (χ4v) is 1.67. The Balaban J connectivity index is 2.53. The van der Waals surface area contributed by atoms with Gasteiger partial charge < -0.3 is 15.0 Å². The first-order chi connectivity index (χ1) is 8.02. The average molecular weight is 303 g/mol. The number of aliphatic hydroxyl groups is 1. The molecule has 1 aromatic rings. The van der Waals surface area contributed by atoms with Gasteiger partial charge in [-0.15, -0.1) is 0 Å². The largest absolute Gasteiger partial charge is 0.394 e. The zero-order valence-electron chi connectivity index (χ0n) is 9.52. The van der Waals surface area contributed by atoms with E-state index in [0.717, 1.165) is 4.47 Å². The molecule has 0 aliphatic carbocycles. The maximum absolute atomic E-state index is 11.4. The number of aliphatic hydroxyl groups excluding tert-OH is 1. The van der Waals surface area contributed by atoms with Crippen molar-refractivity contribution in [3.63, 3.8) is 0 Å². The highest BCUT2D eigenvalue weighted by Gasteiger charge is 2.06. The molecule has 1 unspecified atom stereocenters. The van der Waals surface area contributed by atoms with Crippen molar-refractivity contribution >= 4 is 21.8 Å². The standard InChI is InChI=1S/C11H15BrN2O3/c1-8(7-15)13-10(16)4-5-14-6-9(12)2-3-11(14)17/h2-3,6,8,15H,4-5,7H2,1H3,(H,13,16). The van der Waals surface area contributed by atoms with Gasteiger partial charge in [0, 0.05) is 35.7 Å². The second-order valence-corrected chi connectivity index (χ2v) is 4.70. The number of aryl methyl sites for hydroxylation is 1. The summed E-state index contributed by atoms with van der Waals surface area (Å²) in [6, 6.07) is 2.84. The van der Waals surface area contributed by atoms with Crippen LogP contribution in [0.5, 0.6) is 0 Å². The van der Waals surface area contributed by atoms with Gasteiger partial charge in [0.15, 0.2) is 0 Å². The van der Waals surface area contributed by atoms with Crippen LogP contribution in [0.2, 0.25) is 0 Å². The third-order valence-corrected chi connectivity index (χ3v) is 2.68. The van der Waals surface area contributed by atoms with E-state index in [-0.39, 0.29) is 30.5 Å². The van der Waals surface area contributed by atoms with E-state index in [1.165, 1.54) is 10.6 Å². The number of hydrogen-bond acceptors (Lipinski definition) is 3. The van der Waals surface area contributed by atoms with E-state index in [1.54, 1.807) is 19.2 Å². The molecular formula is C11H15BrN2O3. The number of nitrogens with zero attached hydrogens (tertiary/aromatic N) is 1. The van der Waals surface area contributed by atoms with Crippen LogP contribution >= 0.6 is 15.9 Å². The molecule has 0 spiro atoms. The first-order valence-corrected chi connectivity index (χ1v) is 6.08. The van der Waals surface area contributed by atoms with Crippen molar-refractivity contribution in [1.29, 1.82) is 0 Å². The summed E-state index contributed by atoms with van der Waals surface area (Å²) in [5.41, 5.74) is -0.142. The molecule has 6 heteroatoms. The van der Waals surface area contributed by atoms with Crippen LogP contribution in [0, 0.1) is 0 Å². The molecule has 0 bridgehead atoms. The summed E-state index contributed by atoms with van der Waals surface area (Å²) in [6.45, 7) is 1.94. The van der Waals surface area contributed by atoms with Crippen LogP contribution in [-0.2, 0) is 11.3 Å². The third-order valence-electron chi connectivity index (χ3n) is 2.21. The number of carbonyl (C=O) groups is 1. The number of nitrogens with one attached hydrogen (secondary N) is 1. The lowest BCUT2D eigenvalue weighted by atomic mass is 10.3. The number of halogens is 1. The van der Waals surface area contributed by atoms with Gasteiger partial charge in [-0.3, -0.25) is 9.59 Å². The smallest absolute Gasteiger partial charge is 0.250 e. The van der Waals surface area contributed by atoms with Crippen molar-refractivity contribution in [2.45, 2.75) is 25.9 Å². The van der Waals surface area contributed by atoms with E-state index in [9.17, 15) is 9.59 Å². The summed E-state index contributed by atoms with van der Waals surface area (Å²) in [5.74, 6) is -0.182. The topological polar surface area (TPSA) is 71.3 Å². The van der Waals surface area contributed by atoms with Crippen LogP contribution in [0.4, 0.5) is 0 Å². The van der Waals surface area contributed by atoms with Crippen LogP contribution in [0.3, 0.4) is 0 Å². The lowest BCUT2D eigenvalue weighted by Gasteiger charge is -2.11. The Bertz CT molecular complexity index is 445. The molecule has 0 saturated carbocycles. The van der Waals surface area contributed by atoms with Crippen LogP contribution in [-0.4, -0.2) is 28.2 Å². The van der Waals surface area contributed by atoms with Gasteiger partial charge in [0.05, 0.1) is 6.61 Å². The molecule has 2 N–H and O–H groups in total. The number of hydrogen-bond donors (Lipinski definition) is 2. The predicted octanol–water partition coefficient (Wildman–Crippen LogP) is 0.498. The normalized spacial score (nSPS) is 12.2. The number of amides is 1. The Morgan fingerprint density at radius 2 is 2.29 bits per heavy atom. The highest BCUT2D eigenvalue weighted by atomic mass is 79.9. The molecule has 94 valence electrons. The molecule has 0 fully saturated rings. The highest BCUT2D eigenvalue weighted by molar-refractivity contribution is 9.10. The third kappa shape index (κ3) is 4.70.